The zero-order valence-corrected chi connectivity index (χ0v) is 23.7. The Bertz CT molecular complexity index is 898. The Kier molecular flexibility index (Phi) is 9.73. The predicted molar refractivity (Wildman–Crippen MR) is 153 cm³/mol. The van der Waals surface area contributed by atoms with E-state index >= 15 is 0 Å². The van der Waals surface area contributed by atoms with Gasteiger partial charge in [-0.1, -0.05) is 86.0 Å². The fourth-order valence-electron chi connectivity index (χ4n) is 5.39. The molecule has 2 nitrogen and oxygen atoms in total. The van der Waals surface area contributed by atoms with Gasteiger partial charge in [0, 0.05) is 5.30 Å². The molecule has 0 spiro atoms. The van der Waals surface area contributed by atoms with E-state index in [0.29, 0.717) is 0 Å². The molecule has 2 aromatic carbocycles. The summed E-state index contributed by atoms with van der Waals surface area (Å²) in [6.45, 7) is 8.61. The highest BCUT2D eigenvalue weighted by Crippen LogP contribution is 2.45. The van der Waals surface area contributed by atoms with Crippen LogP contribution in [-0.2, 0) is 0 Å². The second kappa shape index (κ2) is 12.7. The molecule has 2 fully saturated rings. The third-order valence-electron chi connectivity index (χ3n) is 6.94. The molecule has 2 unspecified atom stereocenters. The molecule has 2 aliphatic carbocycles. The van der Waals surface area contributed by atoms with Crippen LogP contribution >= 0.6 is 17.2 Å². The average Bonchev–Trinajstić information content (AvgIpc) is 2.82. The van der Waals surface area contributed by atoms with E-state index in [4.69, 9.17) is 9.47 Å². The second-order valence-corrected chi connectivity index (χ2v) is 13.9. The molecule has 2 atom stereocenters. The molecule has 0 bridgehead atoms. The highest BCUT2D eigenvalue weighted by Gasteiger charge is 2.27. The number of benzene rings is 2. The van der Waals surface area contributed by atoms with E-state index in [1.54, 1.807) is 0 Å². The molecule has 2 saturated carbocycles. The maximum absolute atomic E-state index is 6.76. The summed E-state index contributed by atoms with van der Waals surface area (Å²) < 4.78 is 13.3. The van der Waals surface area contributed by atoms with E-state index < -0.39 is 0 Å². The van der Waals surface area contributed by atoms with Crippen molar-refractivity contribution in [2.24, 2.45) is 0 Å². The van der Waals surface area contributed by atoms with Gasteiger partial charge in [-0.05, 0) is 81.6 Å². The normalized spacial score (nSPS) is 18.6. The molecule has 0 radical (unpaired) electrons. The predicted octanol–water partition coefficient (Wildman–Crippen LogP) is 8.20. The van der Waals surface area contributed by atoms with Gasteiger partial charge in [0.1, 0.15) is 11.5 Å². The van der Waals surface area contributed by atoms with Crippen LogP contribution in [0.1, 0.15) is 91.9 Å². The Labute approximate surface area is 211 Å². The van der Waals surface area contributed by atoms with Crippen LogP contribution in [0.25, 0.3) is 11.1 Å². The fraction of sp³-hybridized carbons (Fsp3) is 0.600. The lowest BCUT2D eigenvalue weighted by molar-refractivity contribution is 0.233. The van der Waals surface area contributed by atoms with Crippen LogP contribution in [0.5, 0.6) is 11.5 Å². The van der Waals surface area contributed by atoms with Crippen LogP contribution in [0.3, 0.4) is 0 Å². The van der Waals surface area contributed by atoms with Crippen molar-refractivity contribution in [1.29, 1.82) is 0 Å². The first-order valence-corrected chi connectivity index (χ1v) is 15.8. The van der Waals surface area contributed by atoms with Crippen molar-refractivity contribution in [3.63, 3.8) is 0 Å². The summed E-state index contributed by atoms with van der Waals surface area (Å²) in [5, 5.41) is 3.04. The van der Waals surface area contributed by atoms with Crippen molar-refractivity contribution in [3.8, 4) is 22.6 Å². The topological polar surface area (TPSA) is 18.5 Å². The van der Waals surface area contributed by atoms with Crippen LogP contribution in [0.2, 0.25) is 0 Å². The smallest absolute Gasteiger partial charge is 0.139 e. The Balaban J connectivity index is 1.86. The van der Waals surface area contributed by atoms with Gasteiger partial charge in [0.05, 0.1) is 17.8 Å². The van der Waals surface area contributed by atoms with Gasteiger partial charge in [0.25, 0.3) is 0 Å². The summed E-state index contributed by atoms with van der Waals surface area (Å²) in [5.74, 6) is 2.12. The average molecular weight is 499 g/mol. The van der Waals surface area contributed by atoms with Crippen molar-refractivity contribution in [2.75, 3.05) is 0 Å². The van der Waals surface area contributed by atoms with E-state index in [-0.39, 0.29) is 12.2 Å². The largest absolute Gasteiger partial charge is 0.490 e. The summed E-state index contributed by atoms with van der Waals surface area (Å²) in [4.78, 5) is 0. The van der Waals surface area contributed by atoms with Crippen molar-refractivity contribution in [1.82, 2.24) is 0 Å². The highest BCUT2D eigenvalue weighted by molar-refractivity contribution is 7.55. The number of ether oxygens (including phenoxy) is 2. The molecule has 186 valence electrons. The van der Waals surface area contributed by atoms with E-state index in [1.807, 2.05) is 0 Å². The van der Waals surface area contributed by atoms with Crippen LogP contribution < -0.4 is 20.1 Å². The van der Waals surface area contributed by atoms with Crippen LogP contribution in [0, 0.1) is 0 Å². The number of hydrogen-bond acceptors (Lipinski definition) is 2. The minimum atomic E-state index is 0.131. The monoisotopic (exact) mass is 498 g/mol. The van der Waals surface area contributed by atoms with Gasteiger partial charge >= 0.3 is 0 Å². The standard InChI is InChI=1S/C30H44O2P2/c1-21(2)31-26-20-27(33-24-16-10-6-11-17-24)30(34-25-18-12-7-13-19-25)29(32-22(3)4)28(26)23-14-8-5-9-15-23/h5,8-9,14-15,20-22,24-25,33-34H,6-7,10-13,16-19H2,1-4H3. The zero-order valence-electron chi connectivity index (χ0n) is 21.7. The van der Waals surface area contributed by atoms with Gasteiger partial charge in [-0.25, -0.2) is 0 Å². The van der Waals surface area contributed by atoms with Gasteiger partial charge < -0.3 is 9.47 Å². The van der Waals surface area contributed by atoms with E-state index in [9.17, 15) is 0 Å². The molecule has 4 heteroatoms. The number of rotatable bonds is 9. The highest BCUT2D eigenvalue weighted by atomic mass is 31.1. The Morgan fingerprint density at radius 3 is 1.82 bits per heavy atom. The summed E-state index contributed by atoms with van der Waals surface area (Å²) in [6.07, 6.45) is 14.2. The number of hydrogen-bond donors (Lipinski definition) is 0. The molecule has 0 heterocycles. The first kappa shape index (κ1) is 26.0. The lowest BCUT2D eigenvalue weighted by Crippen LogP contribution is -2.28. The third kappa shape index (κ3) is 6.98. The second-order valence-electron chi connectivity index (χ2n) is 10.7. The van der Waals surface area contributed by atoms with E-state index in [0.717, 1.165) is 40.0 Å². The molecule has 0 saturated heterocycles. The van der Waals surface area contributed by atoms with E-state index in [2.05, 4.69) is 64.1 Å². The van der Waals surface area contributed by atoms with Crippen molar-refractivity contribution in [2.45, 2.75) is 115 Å². The van der Waals surface area contributed by atoms with Gasteiger partial charge in [-0.2, -0.15) is 0 Å². The first-order valence-electron chi connectivity index (χ1n) is 13.6. The molecule has 2 aromatic rings. The molecule has 0 amide bonds. The maximum Gasteiger partial charge on any atom is 0.139 e. The molecule has 0 aromatic heterocycles. The minimum absolute atomic E-state index is 0.131. The van der Waals surface area contributed by atoms with Crippen LogP contribution in [0.15, 0.2) is 36.4 Å². The Morgan fingerprint density at radius 2 is 1.26 bits per heavy atom. The Morgan fingerprint density at radius 1 is 0.706 bits per heavy atom. The molecule has 0 aliphatic heterocycles. The third-order valence-corrected chi connectivity index (χ3v) is 10.7. The van der Waals surface area contributed by atoms with Crippen molar-refractivity contribution >= 4 is 27.8 Å². The maximum atomic E-state index is 6.76. The fourth-order valence-corrected chi connectivity index (χ4v) is 9.08. The molecule has 34 heavy (non-hydrogen) atoms. The van der Waals surface area contributed by atoms with Crippen LogP contribution in [-0.4, -0.2) is 23.5 Å². The molecular formula is C30H44O2P2. The van der Waals surface area contributed by atoms with Gasteiger partial charge in [-0.3, -0.25) is 0 Å². The Hall–Kier alpha value is -1.10. The lowest BCUT2D eigenvalue weighted by Gasteiger charge is -2.30. The summed E-state index contributed by atoms with van der Waals surface area (Å²) in [5.41, 5.74) is 4.00. The quantitative estimate of drug-likeness (QED) is 0.324. The summed E-state index contributed by atoms with van der Waals surface area (Å²) >= 11 is 0. The molecular weight excluding hydrogens is 454 g/mol. The lowest BCUT2D eigenvalue weighted by atomic mass is 10.0. The summed E-state index contributed by atoms with van der Waals surface area (Å²) in [7, 11) is 1.69. The van der Waals surface area contributed by atoms with Crippen molar-refractivity contribution < 1.29 is 9.47 Å². The first-order chi connectivity index (χ1) is 16.5. The van der Waals surface area contributed by atoms with Gasteiger partial charge in [-0.15, -0.1) is 0 Å². The molecule has 0 N–H and O–H groups in total. The van der Waals surface area contributed by atoms with Crippen molar-refractivity contribution in [3.05, 3.63) is 36.4 Å². The molecule has 2 aliphatic rings. The minimum Gasteiger partial charge on any atom is -0.490 e. The zero-order chi connectivity index (χ0) is 23.9. The van der Waals surface area contributed by atoms with Crippen LogP contribution in [0.4, 0.5) is 0 Å². The van der Waals surface area contributed by atoms with Gasteiger partial charge in [0.2, 0.25) is 0 Å². The summed E-state index contributed by atoms with van der Waals surface area (Å²) in [6, 6.07) is 13.2. The SMILES string of the molecule is CC(C)Oc1cc(PC2CCCCC2)c(PC2CCCCC2)c(OC(C)C)c1-c1ccccc1. The van der Waals surface area contributed by atoms with Gasteiger partial charge in [0.15, 0.2) is 0 Å². The van der Waals surface area contributed by atoms with E-state index in [1.165, 1.54) is 85.9 Å². The molecule has 4 rings (SSSR count).